The van der Waals surface area contributed by atoms with Gasteiger partial charge in [0.1, 0.15) is 5.82 Å². The molecule has 96 valence electrons. The Balaban J connectivity index is 1.92. The third-order valence-corrected chi connectivity index (χ3v) is 3.80. The van der Waals surface area contributed by atoms with E-state index in [9.17, 15) is 0 Å². The van der Waals surface area contributed by atoms with E-state index in [0.717, 1.165) is 35.9 Å². The molecule has 0 aromatic carbocycles. The number of H-pyrrole nitrogens is 1. The Kier molecular flexibility index (Phi) is 2.77. The zero-order valence-corrected chi connectivity index (χ0v) is 10.6. The SMILES string of the molecule is CCC1CCN(c2nc(N)nc3[nH]ncc23)CC1. The molecule has 6 heteroatoms. The number of nitrogens with two attached hydrogens (primary N) is 1. The topological polar surface area (TPSA) is 83.7 Å². The summed E-state index contributed by atoms with van der Waals surface area (Å²) < 4.78 is 0. The van der Waals surface area contributed by atoms with Crippen LogP contribution >= 0.6 is 0 Å². The first kappa shape index (κ1) is 11.3. The number of nitrogens with zero attached hydrogens (tertiary/aromatic N) is 4. The molecule has 0 unspecified atom stereocenters. The highest BCUT2D eigenvalue weighted by atomic mass is 15.2. The molecule has 1 saturated heterocycles. The fraction of sp³-hybridized carbons (Fsp3) is 0.583. The normalized spacial score (nSPS) is 17.5. The molecule has 0 spiro atoms. The Labute approximate surface area is 106 Å². The maximum Gasteiger partial charge on any atom is 0.224 e. The molecule has 6 nitrogen and oxygen atoms in total. The highest BCUT2D eigenvalue weighted by Crippen LogP contribution is 2.28. The van der Waals surface area contributed by atoms with Crippen molar-refractivity contribution in [2.45, 2.75) is 26.2 Å². The van der Waals surface area contributed by atoms with Gasteiger partial charge < -0.3 is 10.6 Å². The van der Waals surface area contributed by atoms with Crippen LogP contribution in [0, 0.1) is 5.92 Å². The third kappa shape index (κ3) is 1.87. The quantitative estimate of drug-likeness (QED) is 0.840. The van der Waals surface area contributed by atoms with Crippen molar-refractivity contribution in [1.82, 2.24) is 20.2 Å². The summed E-state index contributed by atoms with van der Waals surface area (Å²) in [7, 11) is 0. The van der Waals surface area contributed by atoms with Crippen molar-refractivity contribution in [2.75, 3.05) is 23.7 Å². The second-order valence-corrected chi connectivity index (χ2v) is 4.88. The minimum Gasteiger partial charge on any atom is -0.368 e. The first-order valence-electron chi connectivity index (χ1n) is 6.49. The highest BCUT2D eigenvalue weighted by Gasteiger charge is 2.21. The lowest BCUT2D eigenvalue weighted by Crippen LogP contribution is -2.34. The molecule has 2 aromatic heterocycles. The lowest BCUT2D eigenvalue weighted by atomic mass is 9.94. The number of nitrogen functional groups attached to an aromatic ring is 1. The molecule has 0 saturated carbocycles. The van der Waals surface area contributed by atoms with Crippen molar-refractivity contribution < 1.29 is 0 Å². The van der Waals surface area contributed by atoms with Crippen LogP contribution in [-0.4, -0.2) is 33.3 Å². The van der Waals surface area contributed by atoms with Crippen LogP contribution in [0.2, 0.25) is 0 Å². The number of fused-ring (bicyclic) bond motifs is 1. The Morgan fingerprint density at radius 1 is 1.39 bits per heavy atom. The van der Waals surface area contributed by atoms with E-state index in [1.165, 1.54) is 19.3 Å². The summed E-state index contributed by atoms with van der Waals surface area (Å²) in [4.78, 5) is 10.8. The Hall–Kier alpha value is -1.85. The summed E-state index contributed by atoms with van der Waals surface area (Å²) in [6.07, 6.45) is 5.48. The minimum atomic E-state index is 0.305. The fourth-order valence-corrected chi connectivity index (χ4v) is 2.63. The molecule has 3 N–H and O–H groups in total. The molecule has 1 fully saturated rings. The van der Waals surface area contributed by atoms with Crippen molar-refractivity contribution in [3.8, 4) is 0 Å². The molecule has 3 rings (SSSR count). The van der Waals surface area contributed by atoms with Crippen LogP contribution in [0.1, 0.15) is 26.2 Å². The molecule has 0 aliphatic carbocycles. The summed E-state index contributed by atoms with van der Waals surface area (Å²) in [5, 5.41) is 7.83. The lowest BCUT2D eigenvalue weighted by molar-refractivity contribution is 0.394. The number of aromatic amines is 1. The van der Waals surface area contributed by atoms with E-state index in [1.807, 2.05) is 0 Å². The molecule has 0 bridgehead atoms. The summed E-state index contributed by atoms with van der Waals surface area (Å²) >= 11 is 0. The van der Waals surface area contributed by atoms with Crippen molar-refractivity contribution >= 4 is 22.8 Å². The van der Waals surface area contributed by atoms with E-state index in [2.05, 4.69) is 32.0 Å². The number of hydrogen-bond donors (Lipinski definition) is 2. The summed E-state index contributed by atoms with van der Waals surface area (Å²) in [6.45, 7) is 4.34. The smallest absolute Gasteiger partial charge is 0.224 e. The number of anilines is 2. The monoisotopic (exact) mass is 246 g/mol. The lowest BCUT2D eigenvalue weighted by Gasteiger charge is -2.32. The molecule has 0 amide bonds. The summed E-state index contributed by atoms with van der Waals surface area (Å²) in [5.41, 5.74) is 6.47. The number of rotatable bonds is 2. The van der Waals surface area contributed by atoms with Gasteiger partial charge in [0, 0.05) is 13.1 Å². The van der Waals surface area contributed by atoms with Gasteiger partial charge in [0.2, 0.25) is 5.95 Å². The second kappa shape index (κ2) is 4.44. The van der Waals surface area contributed by atoms with Gasteiger partial charge in [0.15, 0.2) is 5.65 Å². The molecule has 0 radical (unpaired) electrons. The number of nitrogens with one attached hydrogen (secondary N) is 1. The standard InChI is InChI=1S/C12H18N6/c1-2-8-3-5-18(6-4-8)11-9-7-14-17-10(9)15-12(13)16-11/h7-8H,2-6H2,1H3,(H3,13,14,15,16,17). The molecule has 2 aromatic rings. The van der Waals surface area contributed by atoms with E-state index in [-0.39, 0.29) is 0 Å². The third-order valence-electron chi connectivity index (χ3n) is 3.80. The van der Waals surface area contributed by atoms with Gasteiger partial charge >= 0.3 is 0 Å². The number of piperidine rings is 1. The molecular weight excluding hydrogens is 228 g/mol. The molecule has 1 aliphatic heterocycles. The molecule has 3 heterocycles. The Bertz CT molecular complexity index is 540. The zero-order valence-electron chi connectivity index (χ0n) is 10.6. The predicted octanol–water partition coefficient (Wildman–Crippen LogP) is 1.56. The van der Waals surface area contributed by atoms with Crippen LogP contribution in [0.5, 0.6) is 0 Å². The first-order chi connectivity index (χ1) is 8.78. The van der Waals surface area contributed by atoms with Gasteiger partial charge in [-0.05, 0) is 18.8 Å². The maximum atomic E-state index is 5.75. The minimum absolute atomic E-state index is 0.305. The fourth-order valence-electron chi connectivity index (χ4n) is 2.63. The van der Waals surface area contributed by atoms with Gasteiger partial charge in [-0.15, -0.1) is 0 Å². The largest absolute Gasteiger partial charge is 0.368 e. The highest BCUT2D eigenvalue weighted by molar-refractivity contribution is 5.87. The summed E-state index contributed by atoms with van der Waals surface area (Å²) in [6, 6.07) is 0. The zero-order chi connectivity index (χ0) is 12.5. The second-order valence-electron chi connectivity index (χ2n) is 4.88. The van der Waals surface area contributed by atoms with Crippen molar-refractivity contribution in [1.29, 1.82) is 0 Å². The average Bonchev–Trinajstić information content (AvgIpc) is 2.86. The van der Waals surface area contributed by atoms with Crippen LogP contribution in [0.4, 0.5) is 11.8 Å². The van der Waals surface area contributed by atoms with Crippen molar-refractivity contribution in [2.24, 2.45) is 5.92 Å². The van der Waals surface area contributed by atoms with E-state index in [1.54, 1.807) is 6.20 Å². The number of hydrogen-bond acceptors (Lipinski definition) is 5. The van der Waals surface area contributed by atoms with Crippen LogP contribution in [0.15, 0.2) is 6.20 Å². The van der Waals surface area contributed by atoms with Crippen molar-refractivity contribution in [3.63, 3.8) is 0 Å². The van der Waals surface area contributed by atoms with Gasteiger partial charge in [0.25, 0.3) is 0 Å². The van der Waals surface area contributed by atoms with Crippen LogP contribution in [-0.2, 0) is 0 Å². The molecular formula is C12H18N6. The molecule has 0 atom stereocenters. The molecule has 1 aliphatic rings. The summed E-state index contributed by atoms with van der Waals surface area (Å²) in [5.74, 6) is 2.07. The van der Waals surface area contributed by atoms with E-state index in [0.29, 0.717) is 5.95 Å². The van der Waals surface area contributed by atoms with Gasteiger partial charge in [-0.2, -0.15) is 15.1 Å². The van der Waals surface area contributed by atoms with Gasteiger partial charge in [0.05, 0.1) is 11.6 Å². The Morgan fingerprint density at radius 2 is 2.17 bits per heavy atom. The van der Waals surface area contributed by atoms with E-state index >= 15 is 0 Å². The molecule has 18 heavy (non-hydrogen) atoms. The average molecular weight is 246 g/mol. The van der Waals surface area contributed by atoms with Crippen LogP contribution in [0.3, 0.4) is 0 Å². The van der Waals surface area contributed by atoms with Gasteiger partial charge in [-0.25, -0.2) is 0 Å². The Morgan fingerprint density at radius 3 is 2.89 bits per heavy atom. The van der Waals surface area contributed by atoms with Gasteiger partial charge in [-0.1, -0.05) is 13.3 Å². The van der Waals surface area contributed by atoms with E-state index < -0.39 is 0 Å². The van der Waals surface area contributed by atoms with Gasteiger partial charge in [-0.3, -0.25) is 5.10 Å². The first-order valence-corrected chi connectivity index (χ1v) is 6.49. The van der Waals surface area contributed by atoms with E-state index in [4.69, 9.17) is 5.73 Å². The van der Waals surface area contributed by atoms with Crippen molar-refractivity contribution in [3.05, 3.63) is 6.20 Å². The number of aromatic nitrogens is 4. The van der Waals surface area contributed by atoms with Crippen LogP contribution in [0.25, 0.3) is 11.0 Å². The maximum absolute atomic E-state index is 5.75. The predicted molar refractivity (Wildman–Crippen MR) is 71.3 cm³/mol. The van der Waals surface area contributed by atoms with Crippen LogP contribution < -0.4 is 10.6 Å².